The minimum Gasteiger partial charge on any atom is -0.356 e. The third-order valence-electron chi connectivity index (χ3n) is 4.99. The molecule has 1 saturated heterocycles. The van der Waals surface area contributed by atoms with Crippen LogP contribution < -0.4 is 15.5 Å². The van der Waals surface area contributed by atoms with Crippen LogP contribution in [-0.4, -0.2) is 73.7 Å². The summed E-state index contributed by atoms with van der Waals surface area (Å²) in [5.41, 5.74) is 1.11. The largest absolute Gasteiger partial charge is 0.356 e. The molecular formula is C21H31FIN7. The van der Waals surface area contributed by atoms with Gasteiger partial charge in [-0.05, 0) is 43.1 Å². The summed E-state index contributed by atoms with van der Waals surface area (Å²) < 4.78 is 12.9. The molecule has 0 aliphatic carbocycles. The van der Waals surface area contributed by atoms with Crippen molar-refractivity contribution < 1.29 is 4.39 Å². The Morgan fingerprint density at radius 2 is 1.70 bits per heavy atom. The van der Waals surface area contributed by atoms with Crippen molar-refractivity contribution in [3.05, 3.63) is 54.1 Å². The van der Waals surface area contributed by atoms with Crippen LogP contribution in [0.1, 0.15) is 12.0 Å². The van der Waals surface area contributed by atoms with Crippen LogP contribution in [0.3, 0.4) is 0 Å². The number of aromatic nitrogens is 2. The Morgan fingerprint density at radius 1 is 1.03 bits per heavy atom. The molecule has 0 spiro atoms. The predicted octanol–water partition coefficient (Wildman–Crippen LogP) is 2.15. The van der Waals surface area contributed by atoms with Crippen molar-refractivity contribution in [2.24, 2.45) is 4.99 Å². The maximum Gasteiger partial charge on any atom is 0.225 e. The lowest BCUT2D eigenvalue weighted by molar-refractivity contribution is 0.254. The molecule has 0 radical (unpaired) electrons. The number of hydrogen-bond acceptors (Lipinski definition) is 5. The molecule has 0 amide bonds. The van der Waals surface area contributed by atoms with E-state index in [9.17, 15) is 4.39 Å². The van der Waals surface area contributed by atoms with Crippen molar-refractivity contribution in [2.45, 2.75) is 12.8 Å². The second kappa shape index (κ2) is 13.3. The highest BCUT2D eigenvalue weighted by Crippen LogP contribution is 2.09. The molecule has 1 aliphatic heterocycles. The molecule has 2 aromatic rings. The van der Waals surface area contributed by atoms with Crippen LogP contribution in [0.2, 0.25) is 0 Å². The highest BCUT2D eigenvalue weighted by molar-refractivity contribution is 14.0. The normalized spacial score (nSPS) is 14.9. The summed E-state index contributed by atoms with van der Waals surface area (Å²) in [6.45, 7) is 6.68. The van der Waals surface area contributed by atoms with Gasteiger partial charge in [0.15, 0.2) is 5.96 Å². The Balaban J connectivity index is 0.00000320. The number of nitrogens with zero attached hydrogens (tertiary/aromatic N) is 5. The van der Waals surface area contributed by atoms with Crippen LogP contribution in [0.5, 0.6) is 0 Å². The number of hydrogen-bond donors (Lipinski definition) is 2. The summed E-state index contributed by atoms with van der Waals surface area (Å²) >= 11 is 0. The van der Waals surface area contributed by atoms with Crippen LogP contribution in [0.25, 0.3) is 0 Å². The van der Waals surface area contributed by atoms with E-state index in [-0.39, 0.29) is 29.8 Å². The Bertz CT molecular complexity index is 750. The standard InChI is InChI=1S/C21H30FN7.HI/c1-23-20(25-12-8-18-4-6-19(22)7-5-18)24-11-3-13-28-14-16-29(17-15-28)21-26-9-2-10-27-21;/h2,4-7,9-10H,3,8,11-17H2,1H3,(H2,23,24,25);1H. The van der Waals surface area contributed by atoms with Crippen molar-refractivity contribution >= 4 is 35.9 Å². The maximum atomic E-state index is 12.9. The average Bonchev–Trinajstić information content (AvgIpc) is 2.78. The van der Waals surface area contributed by atoms with E-state index in [1.54, 1.807) is 19.4 Å². The van der Waals surface area contributed by atoms with Gasteiger partial charge in [0, 0.05) is 58.7 Å². The molecule has 0 saturated carbocycles. The van der Waals surface area contributed by atoms with Crippen LogP contribution in [0.4, 0.5) is 10.3 Å². The molecule has 164 valence electrons. The van der Waals surface area contributed by atoms with Gasteiger partial charge in [-0.3, -0.25) is 9.89 Å². The molecule has 1 aromatic heterocycles. The van der Waals surface area contributed by atoms with Gasteiger partial charge in [-0.2, -0.15) is 0 Å². The Hall–Kier alpha value is -2.01. The quantitative estimate of drug-likeness (QED) is 0.238. The fourth-order valence-corrected chi connectivity index (χ4v) is 3.33. The molecule has 0 bridgehead atoms. The molecule has 30 heavy (non-hydrogen) atoms. The van der Waals surface area contributed by atoms with Gasteiger partial charge in [0.2, 0.25) is 5.95 Å². The first-order valence-electron chi connectivity index (χ1n) is 10.2. The third kappa shape index (κ3) is 8.02. The van der Waals surface area contributed by atoms with Crippen molar-refractivity contribution in [3.63, 3.8) is 0 Å². The molecule has 3 rings (SSSR count). The first kappa shape index (κ1) is 24.3. The summed E-state index contributed by atoms with van der Waals surface area (Å²) in [6, 6.07) is 8.47. The number of piperazine rings is 1. The molecule has 9 heteroatoms. The van der Waals surface area contributed by atoms with Crippen LogP contribution in [-0.2, 0) is 6.42 Å². The number of nitrogens with one attached hydrogen (secondary N) is 2. The van der Waals surface area contributed by atoms with Crippen LogP contribution in [0.15, 0.2) is 47.7 Å². The van der Waals surface area contributed by atoms with Crippen molar-refractivity contribution in [1.29, 1.82) is 0 Å². The number of benzene rings is 1. The van der Waals surface area contributed by atoms with Crippen molar-refractivity contribution in [2.75, 3.05) is 57.8 Å². The molecule has 1 aromatic carbocycles. The lowest BCUT2D eigenvalue weighted by Gasteiger charge is -2.34. The van der Waals surface area contributed by atoms with E-state index in [2.05, 4.69) is 35.4 Å². The maximum absolute atomic E-state index is 12.9. The summed E-state index contributed by atoms with van der Waals surface area (Å²) in [5, 5.41) is 6.67. The number of rotatable bonds is 8. The van der Waals surface area contributed by atoms with E-state index >= 15 is 0 Å². The lowest BCUT2D eigenvalue weighted by atomic mass is 10.1. The van der Waals surface area contributed by atoms with Gasteiger partial charge < -0.3 is 15.5 Å². The van der Waals surface area contributed by atoms with E-state index in [4.69, 9.17) is 0 Å². The van der Waals surface area contributed by atoms with Gasteiger partial charge >= 0.3 is 0 Å². The van der Waals surface area contributed by atoms with Crippen molar-refractivity contribution in [1.82, 2.24) is 25.5 Å². The Morgan fingerprint density at radius 3 is 2.37 bits per heavy atom. The second-order valence-electron chi connectivity index (χ2n) is 7.03. The monoisotopic (exact) mass is 527 g/mol. The van der Waals surface area contributed by atoms with Gasteiger partial charge in [-0.1, -0.05) is 12.1 Å². The molecule has 1 aliphatic rings. The summed E-state index contributed by atoms with van der Waals surface area (Å²) in [5.74, 6) is 1.43. The van der Waals surface area contributed by atoms with E-state index in [0.717, 1.165) is 76.1 Å². The molecule has 1 fully saturated rings. The Kier molecular flexibility index (Phi) is 10.8. The van der Waals surface area contributed by atoms with Gasteiger partial charge in [0.25, 0.3) is 0 Å². The lowest BCUT2D eigenvalue weighted by Crippen LogP contribution is -2.47. The topological polar surface area (TPSA) is 68.7 Å². The van der Waals surface area contributed by atoms with Gasteiger partial charge in [-0.15, -0.1) is 24.0 Å². The van der Waals surface area contributed by atoms with E-state index in [1.807, 2.05) is 18.2 Å². The fraction of sp³-hybridized carbons (Fsp3) is 0.476. The minimum atomic E-state index is -0.200. The summed E-state index contributed by atoms with van der Waals surface area (Å²) in [4.78, 5) is 17.6. The third-order valence-corrected chi connectivity index (χ3v) is 4.99. The first-order chi connectivity index (χ1) is 14.2. The highest BCUT2D eigenvalue weighted by Gasteiger charge is 2.18. The smallest absolute Gasteiger partial charge is 0.225 e. The number of aliphatic imine (C=N–C) groups is 1. The van der Waals surface area contributed by atoms with E-state index in [1.165, 1.54) is 12.1 Å². The number of guanidine groups is 1. The van der Waals surface area contributed by atoms with Gasteiger partial charge in [0.05, 0.1) is 0 Å². The molecule has 0 unspecified atom stereocenters. The number of anilines is 1. The van der Waals surface area contributed by atoms with E-state index in [0.29, 0.717) is 0 Å². The summed E-state index contributed by atoms with van der Waals surface area (Å²) in [6.07, 6.45) is 5.47. The van der Waals surface area contributed by atoms with Gasteiger partial charge in [-0.25, -0.2) is 14.4 Å². The van der Waals surface area contributed by atoms with Crippen LogP contribution in [0, 0.1) is 5.82 Å². The van der Waals surface area contributed by atoms with Crippen molar-refractivity contribution in [3.8, 4) is 0 Å². The molecule has 2 heterocycles. The van der Waals surface area contributed by atoms with E-state index < -0.39 is 0 Å². The summed E-state index contributed by atoms with van der Waals surface area (Å²) in [7, 11) is 1.78. The average molecular weight is 527 g/mol. The zero-order chi connectivity index (χ0) is 20.3. The second-order valence-corrected chi connectivity index (χ2v) is 7.03. The molecule has 7 nitrogen and oxygen atoms in total. The fourth-order valence-electron chi connectivity index (χ4n) is 3.33. The molecule has 2 N–H and O–H groups in total. The zero-order valence-corrected chi connectivity index (χ0v) is 19.8. The zero-order valence-electron chi connectivity index (χ0n) is 17.4. The Labute approximate surface area is 195 Å². The molecule has 0 atom stereocenters. The highest BCUT2D eigenvalue weighted by atomic mass is 127. The molecular weight excluding hydrogens is 496 g/mol. The minimum absolute atomic E-state index is 0. The predicted molar refractivity (Wildman–Crippen MR) is 130 cm³/mol. The number of halogens is 2. The van der Waals surface area contributed by atoms with Crippen LogP contribution >= 0.6 is 24.0 Å². The van der Waals surface area contributed by atoms with Gasteiger partial charge in [0.1, 0.15) is 5.82 Å². The SMILES string of the molecule is CN=C(NCCCN1CCN(c2ncccn2)CC1)NCCc1ccc(F)cc1.I. The first-order valence-corrected chi connectivity index (χ1v) is 10.2.